The van der Waals surface area contributed by atoms with Crippen LogP contribution in [0.15, 0.2) is 18.2 Å². The number of methoxy groups -OCH3 is 2. The van der Waals surface area contributed by atoms with Gasteiger partial charge < -0.3 is 15.2 Å². The van der Waals surface area contributed by atoms with Gasteiger partial charge in [0.2, 0.25) is 0 Å². The number of halogens is 1. The number of anilines is 1. The molecular weight excluding hydrogens is 281 g/mol. The summed E-state index contributed by atoms with van der Waals surface area (Å²) in [5.41, 5.74) is 7.26. The van der Waals surface area contributed by atoms with Gasteiger partial charge in [-0.25, -0.2) is 9.18 Å². The molecular formula is C14H14FNO3S. The Hall–Kier alpha value is -2.08. The first-order valence-corrected chi connectivity index (χ1v) is 6.62. The van der Waals surface area contributed by atoms with E-state index in [0.717, 1.165) is 11.3 Å². The van der Waals surface area contributed by atoms with Crippen LogP contribution in [0.5, 0.6) is 5.75 Å². The molecule has 0 unspecified atom stereocenters. The molecule has 0 aliphatic carbocycles. The molecule has 1 aromatic carbocycles. The van der Waals surface area contributed by atoms with Gasteiger partial charge in [-0.3, -0.25) is 0 Å². The van der Waals surface area contributed by atoms with Crippen molar-refractivity contribution in [3.63, 3.8) is 0 Å². The largest absolute Gasteiger partial charge is 0.497 e. The number of esters is 1. The third-order valence-corrected chi connectivity index (χ3v) is 4.31. The van der Waals surface area contributed by atoms with Crippen LogP contribution < -0.4 is 10.5 Å². The van der Waals surface area contributed by atoms with Crippen molar-refractivity contribution < 1.29 is 18.7 Å². The van der Waals surface area contributed by atoms with E-state index in [-0.39, 0.29) is 4.88 Å². The molecule has 0 fully saturated rings. The number of hydrogen-bond acceptors (Lipinski definition) is 5. The van der Waals surface area contributed by atoms with Gasteiger partial charge in [-0.05, 0) is 24.6 Å². The molecule has 0 saturated carbocycles. The minimum Gasteiger partial charge on any atom is -0.497 e. The Labute approximate surface area is 119 Å². The Morgan fingerprint density at radius 1 is 1.35 bits per heavy atom. The number of nitrogens with two attached hydrogens (primary N) is 1. The molecule has 106 valence electrons. The van der Waals surface area contributed by atoms with Crippen LogP contribution in [0.3, 0.4) is 0 Å². The zero-order valence-corrected chi connectivity index (χ0v) is 12.1. The van der Waals surface area contributed by atoms with Crippen molar-refractivity contribution in [3.05, 3.63) is 34.5 Å². The zero-order valence-electron chi connectivity index (χ0n) is 11.3. The quantitative estimate of drug-likeness (QED) is 0.883. The predicted molar refractivity (Wildman–Crippen MR) is 76.8 cm³/mol. The van der Waals surface area contributed by atoms with E-state index in [1.165, 1.54) is 20.3 Å². The maximum absolute atomic E-state index is 14.1. The Morgan fingerprint density at radius 2 is 2.05 bits per heavy atom. The van der Waals surface area contributed by atoms with Gasteiger partial charge in [-0.1, -0.05) is 0 Å². The molecule has 0 amide bonds. The molecule has 1 aromatic heterocycles. The maximum atomic E-state index is 14.1. The highest BCUT2D eigenvalue weighted by Gasteiger charge is 2.21. The molecule has 1 heterocycles. The van der Waals surface area contributed by atoms with Crippen molar-refractivity contribution in [1.82, 2.24) is 0 Å². The van der Waals surface area contributed by atoms with E-state index < -0.39 is 11.8 Å². The molecule has 2 N–H and O–H groups in total. The highest BCUT2D eigenvalue weighted by atomic mass is 32.1. The number of ether oxygens (including phenoxy) is 2. The van der Waals surface area contributed by atoms with Gasteiger partial charge in [-0.2, -0.15) is 0 Å². The van der Waals surface area contributed by atoms with Gasteiger partial charge in [0.1, 0.15) is 16.4 Å². The molecule has 0 aliphatic heterocycles. The number of rotatable bonds is 3. The van der Waals surface area contributed by atoms with Crippen LogP contribution in [0.2, 0.25) is 0 Å². The molecule has 0 atom stereocenters. The van der Waals surface area contributed by atoms with Crippen LogP contribution in [0.4, 0.5) is 10.1 Å². The summed E-state index contributed by atoms with van der Waals surface area (Å²) in [6.07, 6.45) is 0. The second-order valence-corrected chi connectivity index (χ2v) is 5.16. The number of carbonyl (C=O) groups is 1. The van der Waals surface area contributed by atoms with Gasteiger partial charge in [0, 0.05) is 16.5 Å². The average Bonchev–Trinajstić information content (AvgIpc) is 2.74. The number of thiophene rings is 1. The van der Waals surface area contributed by atoms with E-state index in [0.29, 0.717) is 27.4 Å². The Kier molecular flexibility index (Phi) is 3.94. The molecule has 6 heteroatoms. The van der Waals surface area contributed by atoms with Crippen LogP contribution in [0, 0.1) is 12.7 Å². The summed E-state index contributed by atoms with van der Waals surface area (Å²) in [6.45, 7) is 1.75. The molecule has 20 heavy (non-hydrogen) atoms. The van der Waals surface area contributed by atoms with Crippen molar-refractivity contribution in [1.29, 1.82) is 0 Å². The van der Waals surface area contributed by atoms with Crippen LogP contribution in [-0.4, -0.2) is 20.2 Å². The zero-order chi connectivity index (χ0) is 14.9. The average molecular weight is 295 g/mol. The fourth-order valence-electron chi connectivity index (χ4n) is 1.83. The fraction of sp³-hybridized carbons (Fsp3) is 0.214. The summed E-state index contributed by atoms with van der Waals surface area (Å²) < 4.78 is 23.7. The topological polar surface area (TPSA) is 61.5 Å². The van der Waals surface area contributed by atoms with Crippen molar-refractivity contribution in [3.8, 4) is 16.2 Å². The Bertz CT molecular complexity index is 667. The predicted octanol–water partition coefficient (Wildman–Crippen LogP) is 3.24. The van der Waals surface area contributed by atoms with Crippen LogP contribution in [0.25, 0.3) is 10.4 Å². The fourth-order valence-corrected chi connectivity index (χ4v) is 3.01. The molecule has 4 nitrogen and oxygen atoms in total. The van der Waals surface area contributed by atoms with E-state index in [9.17, 15) is 9.18 Å². The van der Waals surface area contributed by atoms with Gasteiger partial charge in [0.15, 0.2) is 0 Å². The summed E-state index contributed by atoms with van der Waals surface area (Å²) in [5.74, 6) is -0.512. The summed E-state index contributed by atoms with van der Waals surface area (Å²) in [7, 11) is 2.75. The minimum atomic E-state index is -0.518. The molecule has 2 rings (SSSR count). The third-order valence-electron chi connectivity index (χ3n) is 2.99. The number of carbonyl (C=O) groups excluding carboxylic acids is 1. The van der Waals surface area contributed by atoms with Crippen molar-refractivity contribution >= 4 is 23.0 Å². The number of benzene rings is 1. The van der Waals surface area contributed by atoms with E-state index in [4.69, 9.17) is 10.5 Å². The lowest BCUT2D eigenvalue weighted by Gasteiger charge is -2.05. The monoisotopic (exact) mass is 295 g/mol. The second-order valence-electron chi connectivity index (χ2n) is 4.14. The molecule has 0 radical (unpaired) electrons. The smallest absolute Gasteiger partial charge is 0.350 e. The lowest BCUT2D eigenvalue weighted by atomic mass is 10.1. The van der Waals surface area contributed by atoms with Crippen molar-refractivity contribution in [2.24, 2.45) is 0 Å². The maximum Gasteiger partial charge on any atom is 0.350 e. The Balaban J connectivity index is 2.56. The van der Waals surface area contributed by atoms with E-state index >= 15 is 0 Å². The Morgan fingerprint density at radius 3 is 2.60 bits per heavy atom. The van der Waals surface area contributed by atoms with Gasteiger partial charge in [0.05, 0.1) is 19.9 Å². The van der Waals surface area contributed by atoms with Crippen molar-refractivity contribution in [2.75, 3.05) is 20.0 Å². The van der Waals surface area contributed by atoms with Crippen LogP contribution >= 0.6 is 11.3 Å². The van der Waals surface area contributed by atoms with E-state index in [2.05, 4.69) is 4.74 Å². The van der Waals surface area contributed by atoms with Crippen molar-refractivity contribution in [2.45, 2.75) is 6.92 Å². The van der Waals surface area contributed by atoms with Gasteiger partial charge in [0.25, 0.3) is 0 Å². The highest BCUT2D eigenvalue weighted by molar-refractivity contribution is 7.18. The third kappa shape index (κ3) is 2.34. The molecule has 0 aliphatic rings. The first-order valence-electron chi connectivity index (χ1n) is 5.80. The SMILES string of the molecule is COC(=O)c1sc(-c2ccc(OC)cc2F)c(C)c1N. The highest BCUT2D eigenvalue weighted by Crippen LogP contribution is 2.40. The summed E-state index contributed by atoms with van der Waals surface area (Å²) in [6, 6.07) is 4.56. The van der Waals surface area contributed by atoms with E-state index in [1.54, 1.807) is 19.1 Å². The molecule has 0 spiro atoms. The standard InChI is InChI=1S/C14H14FNO3S/c1-7-11(16)13(14(17)19-3)20-12(7)9-5-4-8(18-2)6-10(9)15/h4-6H,16H2,1-3H3. The van der Waals surface area contributed by atoms with Crippen LogP contribution in [0.1, 0.15) is 15.2 Å². The summed E-state index contributed by atoms with van der Waals surface area (Å²) >= 11 is 1.12. The lowest BCUT2D eigenvalue weighted by molar-refractivity contribution is 0.0607. The van der Waals surface area contributed by atoms with Gasteiger partial charge >= 0.3 is 5.97 Å². The van der Waals surface area contributed by atoms with Crippen LogP contribution in [-0.2, 0) is 4.74 Å². The number of hydrogen-bond donors (Lipinski definition) is 1. The molecule has 0 bridgehead atoms. The minimum absolute atomic E-state index is 0.287. The second kappa shape index (κ2) is 5.50. The lowest BCUT2D eigenvalue weighted by Crippen LogP contribution is -2.01. The molecule has 2 aromatic rings. The van der Waals surface area contributed by atoms with Gasteiger partial charge in [-0.15, -0.1) is 11.3 Å². The molecule has 0 saturated heterocycles. The summed E-state index contributed by atoms with van der Waals surface area (Å²) in [5, 5.41) is 0. The normalized spacial score (nSPS) is 10.4. The summed E-state index contributed by atoms with van der Waals surface area (Å²) in [4.78, 5) is 12.5. The first kappa shape index (κ1) is 14.3. The van der Waals surface area contributed by atoms with E-state index in [1.807, 2.05) is 0 Å². The first-order chi connectivity index (χ1) is 9.49. The number of nitrogen functional groups attached to an aromatic ring is 1.